The van der Waals surface area contributed by atoms with Crippen molar-refractivity contribution in [2.45, 2.75) is 44.6 Å². The van der Waals surface area contributed by atoms with Gasteiger partial charge in [-0.25, -0.2) is 4.21 Å². The van der Waals surface area contributed by atoms with Crippen LogP contribution in [0.2, 0.25) is 0 Å². The van der Waals surface area contributed by atoms with E-state index in [1.54, 1.807) is 10.9 Å². The third kappa shape index (κ3) is 4.76. The smallest absolute Gasteiger partial charge is 0.250 e. The number of hydrogen-bond donors (Lipinski definition) is 0. The molecular weight excluding hydrogens is 368 g/mol. The van der Waals surface area contributed by atoms with Gasteiger partial charge >= 0.3 is 0 Å². The number of ether oxygens (including phenoxy) is 1. The molecule has 8 nitrogen and oxygen atoms in total. The molecule has 3 heterocycles. The van der Waals surface area contributed by atoms with Gasteiger partial charge in [-0.15, -0.1) is 0 Å². The molecule has 0 bridgehead atoms. The van der Waals surface area contributed by atoms with E-state index in [0.29, 0.717) is 50.5 Å². The zero-order chi connectivity index (χ0) is 19.7. The van der Waals surface area contributed by atoms with E-state index < -0.39 is 15.3 Å². The fourth-order valence-electron chi connectivity index (χ4n) is 3.81. The van der Waals surface area contributed by atoms with E-state index in [2.05, 4.69) is 9.46 Å². The molecule has 0 N–H and O–H groups in total. The summed E-state index contributed by atoms with van der Waals surface area (Å²) in [5.74, 6) is 0.515. The number of nitrogens with zero attached hydrogens (tertiary/aromatic N) is 4. The van der Waals surface area contributed by atoms with Crippen LogP contribution in [0.25, 0.3) is 0 Å². The lowest BCUT2D eigenvalue weighted by molar-refractivity contribution is -0.152. The van der Waals surface area contributed by atoms with Crippen LogP contribution < -0.4 is 0 Å². The number of morpholine rings is 1. The molecule has 150 valence electrons. The van der Waals surface area contributed by atoms with E-state index in [1.165, 1.54) is 6.92 Å². The van der Waals surface area contributed by atoms with Crippen LogP contribution in [0.5, 0.6) is 0 Å². The van der Waals surface area contributed by atoms with Gasteiger partial charge in [0.15, 0.2) is 0 Å². The summed E-state index contributed by atoms with van der Waals surface area (Å²) >= 11 is 0. The van der Waals surface area contributed by atoms with Gasteiger partial charge in [0, 0.05) is 51.2 Å². The zero-order valence-electron chi connectivity index (χ0n) is 16.2. The molecule has 0 saturated carbocycles. The van der Waals surface area contributed by atoms with Gasteiger partial charge in [0.05, 0.1) is 28.1 Å². The molecule has 2 amide bonds. The van der Waals surface area contributed by atoms with E-state index in [1.807, 2.05) is 25.1 Å². The normalized spacial score (nSPS) is 29.5. The Morgan fingerprint density at radius 1 is 1.41 bits per heavy atom. The standard InChI is InChI=1S/C18H28N4O4S/c1-14(16-11-19-21(3)12-16)10-17(24)22-6-7-26-18(13-22)4-8-27(25,9-5-18)20-15(2)23/h11-12,14H,4-10,13H2,1-3H3. The van der Waals surface area contributed by atoms with Crippen LogP contribution in [0.4, 0.5) is 0 Å². The zero-order valence-corrected chi connectivity index (χ0v) is 17.0. The SMILES string of the molecule is CC(=O)N=S1(=O)CCC2(CC1)CN(C(=O)CC(C)c1cnn(C)c1)CCO2. The Kier molecular flexibility index (Phi) is 5.71. The molecule has 1 unspecified atom stereocenters. The van der Waals surface area contributed by atoms with Crippen molar-refractivity contribution in [3.63, 3.8) is 0 Å². The van der Waals surface area contributed by atoms with Crippen molar-refractivity contribution in [3.8, 4) is 0 Å². The van der Waals surface area contributed by atoms with E-state index >= 15 is 0 Å². The second kappa shape index (κ2) is 7.71. The van der Waals surface area contributed by atoms with Crippen LogP contribution in [0.15, 0.2) is 16.8 Å². The number of aromatic nitrogens is 2. The van der Waals surface area contributed by atoms with Gasteiger partial charge < -0.3 is 9.64 Å². The minimum absolute atomic E-state index is 0.101. The highest BCUT2D eigenvalue weighted by atomic mass is 32.2. The minimum Gasteiger partial charge on any atom is -0.371 e. The van der Waals surface area contributed by atoms with Crippen molar-refractivity contribution in [2.24, 2.45) is 11.4 Å². The molecule has 1 atom stereocenters. The summed E-state index contributed by atoms with van der Waals surface area (Å²) in [5.41, 5.74) is 0.593. The molecule has 2 aliphatic rings. The van der Waals surface area contributed by atoms with Gasteiger partial charge in [0.25, 0.3) is 5.91 Å². The topological polar surface area (TPSA) is 93.9 Å². The molecule has 3 rings (SSSR count). The molecule has 27 heavy (non-hydrogen) atoms. The monoisotopic (exact) mass is 396 g/mol. The molecule has 2 saturated heterocycles. The fourth-order valence-corrected chi connectivity index (χ4v) is 6.04. The molecular formula is C18H28N4O4S. The lowest BCUT2D eigenvalue weighted by Gasteiger charge is -2.45. The summed E-state index contributed by atoms with van der Waals surface area (Å²) in [6.45, 7) is 4.94. The Morgan fingerprint density at radius 2 is 2.11 bits per heavy atom. The first kappa shape index (κ1) is 20.0. The van der Waals surface area contributed by atoms with Gasteiger partial charge in [-0.3, -0.25) is 14.3 Å². The molecule has 1 aromatic heterocycles. The first-order chi connectivity index (χ1) is 12.7. The summed E-state index contributed by atoms with van der Waals surface area (Å²) < 4.78 is 24.2. The molecule has 0 aliphatic carbocycles. The Bertz CT molecular complexity index is 826. The van der Waals surface area contributed by atoms with E-state index in [4.69, 9.17) is 4.74 Å². The number of aryl methyl sites for hydroxylation is 1. The van der Waals surface area contributed by atoms with E-state index in [0.717, 1.165) is 5.56 Å². The number of rotatable bonds is 3. The predicted octanol–water partition coefficient (Wildman–Crippen LogP) is 1.32. The van der Waals surface area contributed by atoms with E-state index in [9.17, 15) is 13.8 Å². The second-order valence-corrected chi connectivity index (χ2v) is 10.2. The second-order valence-electron chi connectivity index (χ2n) is 7.69. The first-order valence-corrected chi connectivity index (χ1v) is 11.2. The largest absolute Gasteiger partial charge is 0.371 e. The quantitative estimate of drug-likeness (QED) is 0.768. The van der Waals surface area contributed by atoms with Gasteiger partial charge in [-0.1, -0.05) is 6.92 Å². The van der Waals surface area contributed by atoms with Crippen LogP contribution in [-0.4, -0.2) is 67.5 Å². The highest BCUT2D eigenvalue weighted by Crippen LogP contribution is 2.32. The van der Waals surface area contributed by atoms with Crippen LogP contribution in [-0.2, 0) is 31.1 Å². The van der Waals surface area contributed by atoms with Crippen LogP contribution in [0.1, 0.15) is 44.6 Å². The molecule has 2 aliphatic heterocycles. The highest BCUT2D eigenvalue weighted by molar-refractivity contribution is 7.93. The number of carbonyl (C=O) groups excluding carboxylic acids is 2. The van der Waals surface area contributed by atoms with Crippen molar-refractivity contribution in [3.05, 3.63) is 18.0 Å². The fraction of sp³-hybridized carbons (Fsp3) is 0.722. The van der Waals surface area contributed by atoms with Crippen LogP contribution in [0, 0.1) is 0 Å². The van der Waals surface area contributed by atoms with Gasteiger partial charge in [-0.05, 0) is 24.3 Å². The lowest BCUT2D eigenvalue weighted by Crippen LogP contribution is -2.56. The van der Waals surface area contributed by atoms with Gasteiger partial charge in [0.2, 0.25) is 5.91 Å². The number of carbonyl (C=O) groups is 2. The Hall–Kier alpha value is -1.74. The molecule has 1 aromatic rings. The average molecular weight is 397 g/mol. The van der Waals surface area contributed by atoms with Crippen molar-refractivity contribution in [1.29, 1.82) is 0 Å². The molecule has 9 heteroatoms. The van der Waals surface area contributed by atoms with Crippen molar-refractivity contribution < 1.29 is 18.5 Å². The Balaban J connectivity index is 1.62. The maximum atomic E-state index is 12.8. The Labute approximate surface area is 160 Å². The number of hydrogen-bond acceptors (Lipinski definition) is 5. The van der Waals surface area contributed by atoms with Crippen molar-refractivity contribution >= 4 is 21.5 Å². The van der Waals surface area contributed by atoms with Crippen molar-refractivity contribution in [2.75, 3.05) is 31.2 Å². The third-order valence-corrected chi connectivity index (χ3v) is 7.70. The summed E-state index contributed by atoms with van der Waals surface area (Å²) in [6, 6.07) is 0. The van der Waals surface area contributed by atoms with Gasteiger partial charge in [-0.2, -0.15) is 9.46 Å². The highest BCUT2D eigenvalue weighted by Gasteiger charge is 2.42. The summed E-state index contributed by atoms with van der Waals surface area (Å²) in [7, 11) is -0.608. The first-order valence-electron chi connectivity index (χ1n) is 9.34. The summed E-state index contributed by atoms with van der Waals surface area (Å²) in [6.07, 6.45) is 5.29. The molecule has 0 radical (unpaired) electrons. The predicted molar refractivity (Wildman–Crippen MR) is 102 cm³/mol. The maximum Gasteiger partial charge on any atom is 0.250 e. The van der Waals surface area contributed by atoms with Gasteiger partial charge in [0.1, 0.15) is 0 Å². The number of amides is 2. The Morgan fingerprint density at radius 3 is 2.70 bits per heavy atom. The summed E-state index contributed by atoms with van der Waals surface area (Å²) in [5, 5.41) is 4.17. The van der Waals surface area contributed by atoms with Crippen LogP contribution in [0.3, 0.4) is 0 Å². The van der Waals surface area contributed by atoms with Crippen LogP contribution >= 0.6 is 0 Å². The molecule has 1 spiro atoms. The van der Waals surface area contributed by atoms with E-state index in [-0.39, 0.29) is 17.7 Å². The third-order valence-electron chi connectivity index (χ3n) is 5.42. The minimum atomic E-state index is -2.47. The van der Waals surface area contributed by atoms with Crippen molar-refractivity contribution in [1.82, 2.24) is 14.7 Å². The maximum absolute atomic E-state index is 12.8. The molecule has 0 aromatic carbocycles. The summed E-state index contributed by atoms with van der Waals surface area (Å²) in [4.78, 5) is 25.9. The lowest BCUT2D eigenvalue weighted by atomic mass is 9.93. The average Bonchev–Trinajstić information content (AvgIpc) is 3.04. The molecule has 2 fully saturated rings.